The van der Waals surface area contributed by atoms with Gasteiger partial charge in [0, 0.05) is 24.2 Å². The van der Waals surface area contributed by atoms with E-state index in [1.807, 2.05) is 6.92 Å². The van der Waals surface area contributed by atoms with E-state index >= 15 is 0 Å². The summed E-state index contributed by atoms with van der Waals surface area (Å²) in [6, 6.07) is 7.05. The largest absolute Gasteiger partial charge is 0.451 e. The van der Waals surface area contributed by atoms with Gasteiger partial charge in [0.15, 0.2) is 5.76 Å². The Labute approximate surface area is 123 Å². The molecule has 0 spiro atoms. The molecule has 1 amide bonds. The highest BCUT2D eigenvalue weighted by Gasteiger charge is 2.28. The van der Waals surface area contributed by atoms with Crippen molar-refractivity contribution in [3.63, 3.8) is 0 Å². The minimum Gasteiger partial charge on any atom is -0.451 e. The number of rotatable bonds is 1. The standard InChI is InChI=1S/C16H20N2O3/c1-16(20)5-2-7-18(8-6-16)15(19)14-10-11-9-12(17)3-4-13(11)21-14/h3-4,9-10,20H,2,5-8,17H2,1H3. The van der Waals surface area contributed by atoms with Crippen LogP contribution in [-0.2, 0) is 0 Å². The molecule has 3 rings (SSSR count). The number of fused-ring (bicyclic) bond motifs is 1. The lowest BCUT2D eigenvalue weighted by Gasteiger charge is -2.21. The van der Waals surface area contributed by atoms with Crippen molar-refractivity contribution in [3.8, 4) is 0 Å². The molecule has 0 saturated carbocycles. The number of furan rings is 1. The molecular formula is C16H20N2O3. The first-order valence-corrected chi connectivity index (χ1v) is 7.25. The van der Waals surface area contributed by atoms with Crippen LogP contribution in [-0.4, -0.2) is 34.6 Å². The molecule has 0 radical (unpaired) electrons. The first kappa shape index (κ1) is 13.9. The van der Waals surface area contributed by atoms with Gasteiger partial charge in [-0.05, 0) is 50.5 Å². The molecule has 3 N–H and O–H groups in total. The fourth-order valence-corrected chi connectivity index (χ4v) is 2.79. The van der Waals surface area contributed by atoms with Gasteiger partial charge in [-0.1, -0.05) is 0 Å². The van der Waals surface area contributed by atoms with Crippen molar-refractivity contribution >= 4 is 22.6 Å². The number of nitrogens with zero attached hydrogens (tertiary/aromatic N) is 1. The predicted molar refractivity (Wildman–Crippen MR) is 81.0 cm³/mol. The monoisotopic (exact) mass is 288 g/mol. The normalized spacial score (nSPS) is 23.2. The summed E-state index contributed by atoms with van der Waals surface area (Å²) in [5.41, 5.74) is 6.36. The molecule has 1 fully saturated rings. The summed E-state index contributed by atoms with van der Waals surface area (Å²) >= 11 is 0. The minimum atomic E-state index is -0.683. The molecule has 2 heterocycles. The van der Waals surface area contributed by atoms with Crippen molar-refractivity contribution in [1.29, 1.82) is 0 Å². The number of likely N-dealkylation sites (tertiary alicyclic amines) is 1. The molecule has 1 unspecified atom stereocenters. The summed E-state index contributed by atoms with van der Waals surface area (Å²) in [6.07, 6.45) is 2.10. The maximum Gasteiger partial charge on any atom is 0.289 e. The highest BCUT2D eigenvalue weighted by atomic mass is 16.3. The summed E-state index contributed by atoms with van der Waals surface area (Å²) < 4.78 is 5.62. The SMILES string of the molecule is CC1(O)CCCN(C(=O)c2cc3cc(N)ccc3o2)CC1. The third-order valence-corrected chi connectivity index (χ3v) is 4.10. The van der Waals surface area contributed by atoms with Gasteiger partial charge in [-0.2, -0.15) is 0 Å². The lowest BCUT2D eigenvalue weighted by molar-refractivity contribution is 0.0434. The molecule has 1 aliphatic rings. The molecule has 112 valence electrons. The van der Waals surface area contributed by atoms with Crippen LogP contribution in [0.1, 0.15) is 36.7 Å². The summed E-state index contributed by atoms with van der Waals surface area (Å²) in [6.45, 7) is 3.02. The van der Waals surface area contributed by atoms with Crippen molar-refractivity contribution in [2.45, 2.75) is 31.8 Å². The molecular weight excluding hydrogens is 268 g/mol. The quantitative estimate of drug-likeness (QED) is 0.790. The van der Waals surface area contributed by atoms with E-state index in [-0.39, 0.29) is 5.91 Å². The Morgan fingerprint density at radius 1 is 1.33 bits per heavy atom. The van der Waals surface area contributed by atoms with Crippen LogP contribution >= 0.6 is 0 Å². The third kappa shape index (κ3) is 2.88. The van der Waals surface area contributed by atoms with Crippen molar-refractivity contribution in [1.82, 2.24) is 4.90 Å². The lowest BCUT2D eigenvalue weighted by Crippen LogP contribution is -2.33. The summed E-state index contributed by atoms with van der Waals surface area (Å²) in [7, 11) is 0. The Kier molecular flexibility index (Phi) is 3.37. The van der Waals surface area contributed by atoms with E-state index in [4.69, 9.17) is 10.2 Å². The van der Waals surface area contributed by atoms with Gasteiger partial charge < -0.3 is 20.2 Å². The molecule has 1 aliphatic heterocycles. The molecule has 21 heavy (non-hydrogen) atoms. The third-order valence-electron chi connectivity index (χ3n) is 4.10. The zero-order chi connectivity index (χ0) is 15.0. The summed E-state index contributed by atoms with van der Waals surface area (Å²) in [5, 5.41) is 10.9. The van der Waals surface area contributed by atoms with E-state index in [0.717, 1.165) is 11.8 Å². The Morgan fingerprint density at radius 3 is 2.95 bits per heavy atom. The van der Waals surface area contributed by atoms with Crippen LogP contribution < -0.4 is 5.73 Å². The van der Waals surface area contributed by atoms with Crippen LogP contribution in [0.2, 0.25) is 0 Å². The van der Waals surface area contributed by atoms with Crippen LogP contribution in [0.15, 0.2) is 28.7 Å². The molecule has 2 aromatic rings. The number of amides is 1. The van der Waals surface area contributed by atoms with Crippen molar-refractivity contribution in [3.05, 3.63) is 30.0 Å². The van der Waals surface area contributed by atoms with Gasteiger partial charge in [-0.3, -0.25) is 4.79 Å². The van der Waals surface area contributed by atoms with Crippen LogP contribution in [0.5, 0.6) is 0 Å². The average Bonchev–Trinajstić information content (AvgIpc) is 2.75. The fourth-order valence-electron chi connectivity index (χ4n) is 2.79. The molecule has 1 saturated heterocycles. The summed E-state index contributed by atoms with van der Waals surface area (Å²) in [4.78, 5) is 14.3. The number of benzene rings is 1. The number of carbonyl (C=O) groups excluding carboxylic acids is 1. The molecule has 5 nitrogen and oxygen atoms in total. The number of hydrogen-bond acceptors (Lipinski definition) is 4. The van der Waals surface area contributed by atoms with Gasteiger partial charge in [0.1, 0.15) is 5.58 Å². The van der Waals surface area contributed by atoms with Crippen molar-refractivity contribution in [2.24, 2.45) is 0 Å². The number of hydrogen-bond donors (Lipinski definition) is 2. The maximum atomic E-state index is 12.5. The number of nitrogens with two attached hydrogens (primary N) is 1. The zero-order valence-corrected chi connectivity index (χ0v) is 12.1. The second-order valence-electron chi connectivity index (χ2n) is 6.05. The minimum absolute atomic E-state index is 0.123. The molecule has 1 atom stereocenters. The number of aliphatic hydroxyl groups is 1. The van der Waals surface area contributed by atoms with E-state index in [9.17, 15) is 9.90 Å². The fraction of sp³-hybridized carbons (Fsp3) is 0.438. The topological polar surface area (TPSA) is 79.7 Å². The van der Waals surface area contributed by atoms with Crippen LogP contribution in [0.25, 0.3) is 11.0 Å². The Hall–Kier alpha value is -2.01. The first-order valence-electron chi connectivity index (χ1n) is 7.25. The van der Waals surface area contributed by atoms with E-state index in [1.165, 1.54) is 0 Å². The first-order chi connectivity index (χ1) is 9.94. The Bertz CT molecular complexity index is 675. The van der Waals surface area contributed by atoms with Gasteiger partial charge in [0.25, 0.3) is 5.91 Å². The van der Waals surface area contributed by atoms with E-state index < -0.39 is 5.60 Å². The van der Waals surface area contributed by atoms with E-state index in [2.05, 4.69) is 0 Å². The van der Waals surface area contributed by atoms with Crippen LogP contribution in [0.4, 0.5) is 5.69 Å². The van der Waals surface area contributed by atoms with Crippen molar-refractivity contribution in [2.75, 3.05) is 18.8 Å². The predicted octanol–water partition coefficient (Wildman–Crippen LogP) is 2.39. The smallest absolute Gasteiger partial charge is 0.289 e. The van der Waals surface area contributed by atoms with Gasteiger partial charge in [-0.25, -0.2) is 0 Å². The number of carbonyl (C=O) groups is 1. The van der Waals surface area contributed by atoms with Gasteiger partial charge in [0.05, 0.1) is 5.60 Å². The maximum absolute atomic E-state index is 12.5. The molecule has 1 aromatic carbocycles. The molecule has 1 aromatic heterocycles. The van der Waals surface area contributed by atoms with E-state index in [1.54, 1.807) is 29.2 Å². The van der Waals surface area contributed by atoms with Gasteiger partial charge in [-0.15, -0.1) is 0 Å². The molecule has 5 heteroatoms. The van der Waals surface area contributed by atoms with Crippen LogP contribution in [0, 0.1) is 0 Å². The lowest BCUT2D eigenvalue weighted by atomic mass is 9.98. The highest BCUT2D eigenvalue weighted by molar-refractivity contribution is 5.96. The Balaban J connectivity index is 1.83. The molecule has 0 aliphatic carbocycles. The van der Waals surface area contributed by atoms with Gasteiger partial charge in [0.2, 0.25) is 0 Å². The van der Waals surface area contributed by atoms with Gasteiger partial charge >= 0.3 is 0 Å². The second-order valence-corrected chi connectivity index (χ2v) is 6.05. The average molecular weight is 288 g/mol. The second kappa shape index (κ2) is 5.07. The summed E-state index contributed by atoms with van der Waals surface area (Å²) in [5.74, 6) is 0.208. The number of anilines is 1. The molecule has 0 bridgehead atoms. The highest BCUT2D eigenvalue weighted by Crippen LogP contribution is 2.25. The van der Waals surface area contributed by atoms with Crippen molar-refractivity contribution < 1.29 is 14.3 Å². The zero-order valence-electron chi connectivity index (χ0n) is 12.1. The van der Waals surface area contributed by atoms with E-state index in [0.29, 0.717) is 43.0 Å². The number of nitrogen functional groups attached to an aromatic ring is 1. The Morgan fingerprint density at radius 2 is 2.14 bits per heavy atom. The van der Waals surface area contributed by atoms with Crippen LogP contribution in [0.3, 0.4) is 0 Å².